The van der Waals surface area contributed by atoms with Gasteiger partial charge < -0.3 is 15.2 Å². The molecular formula is C15H16BrNO2. The van der Waals surface area contributed by atoms with Gasteiger partial charge in [-0.15, -0.1) is 0 Å². The lowest BCUT2D eigenvalue weighted by molar-refractivity contribution is 0.300. The Morgan fingerprint density at radius 1 is 1.00 bits per heavy atom. The zero-order chi connectivity index (χ0) is 13.7. The molecule has 0 radical (unpaired) electrons. The van der Waals surface area contributed by atoms with E-state index in [1.165, 1.54) is 0 Å². The third kappa shape index (κ3) is 4.17. The van der Waals surface area contributed by atoms with Crippen LogP contribution in [0.2, 0.25) is 0 Å². The first-order chi connectivity index (χ1) is 9.17. The summed E-state index contributed by atoms with van der Waals surface area (Å²) in [4.78, 5) is 0. The lowest BCUT2D eigenvalue weighted by Crippen LogP contribution is -1.98. The van der Waals surface area contributed by atoms with E-state index in [2.05, 4.69) is 15.9 Å². The van der Waals surface area contributed by atoms with Crippen LogP contribution < -0.4 is 15.2 Å². The maximum absolute atomic E-state index is 5.81. The van der Waals surface area contributed by atoms with Crippen molar-refractivity contribution in [3.63, 3.8) is 0 Å². The largest absolute Gasteiger partial charge is 0.494 e. The number of rotatable bonds is 5. The third-order valence-electron chi connectivity index (χ3n) is 2.53. The molecule has 0 unspecified atom stereocenters. The molecule has 2 aromatic rings. The van der Waals surface area contributed by atoms with Crippen molar-refractivity contribution in [2.24, 2.45) is 0 Å². The summed E-state index contributed by atoms with van der Waals surface area (Å²) in [5.74, 6) is 1.44. The highest BCUT2D eigenvalue weighted by Gasteiger charge is 2.01. The van der Waals surface area contributed by atoms with E-state index >= 15 is 0 Å². The first-order valence-electron chi connectivity index (χ1n) is 6.08. The maximum atomic E-state index is 5.81. The average molecular weight is 322 g/mol. The van der Waals surface area contributed by atoms with Crippen molar-refractivity contribution >= 4 is 21.6 Å². The van der Waals surface area contributed by atoms with E-state index in [0.717, 1.165) is 15.8 Å². The molecule has 0 aliphatic rings. The average Bonchev–Trinajstić information content (AvgIpc) is 2.38. The van der Waals surface area contributed by atoms with Gasteiger partial charge in [0.05, 0.1) is 6.61 Å². The van der Waals surface area contributed by atoms with Gasteiger partial charge in [-0.25, -0.2) is 0 Å². The Bertz CT molecular complexity index is 540. The van der Waals surface area contributed by atoms with Crippen LogP contribution in [0.4, 0.5) is 5.69 Å². The summed E-state index contributed by atoms with van der Waals surface area (Å²) in [7, 11) is 0. The summed E-state index contributed by atoms with van der Waals surface area (Å²) in [5, 5.41) is 0. The zero-order valence-electron chi connectivity index (χ0n) is 10.7. The summed E-state index contributed by atoms with van der Waals surface area (Å²) in [6, 6.07) is 13.4. The predicted octanol–water partition coefficient (Wildman–Crippen LogP) is 4.01. The molecule has 0 heterocycles. The number of ether oxygens (including phenoxy) is 2. The molecular weight excluding hydrogens is 306 g/mol. The topological polar surface area (TPSA) is 44.5 Å². The minimum atomic E-state index is 0.502. The first-order valence-corrected chi connectivity index (χ1v) is 6.87. The smallest absolute Gasteiger partial charge is 0.125 e. The number of halogens is 1. The monoisotopic (exact) mass is 321 g/mol. The van der Waals surface area contributed by atoms with Crippen LogP contribution in [0.3, 0.4) is 0 Å². The Morgan fingerprint density at radius 2 is 1.63 bits per heavy atom. The molecule has 2 rings (SSSR count). The Kier molecular flexibility index (Phi) is 4.68. The van der Waals surface area contributed by atoms with Crippen molar-refractivity contribution in [3.05, 3.63) is 52.5 Å². The molecule has 0 saturated heterocycles. The van der Waals surface area contributed by atoms with E-state index in [9.17, 15) is 0 Å². The standard InChI is InChI=1S/C15H16BrNO2/c1-2-18-14-7-13(17)8-15(9-14)19-10-11-3-5-12(16)6-4-11/h3-9H,2,10,17H2,1H3. The minimum absolute atomic E-state index is 0.502. The van der Waals surface area contributed by atoms with Crippen LogP contribution in [-0.4, -0.2) is 6.61 Å². The zero-order valence-corrected chi connectivity index (χ0v) is 12.3. The van der Waals surface area contributed by atoms with Crippen LogP contribution >= 0.6 is 15.9 Å². The number of nitrogen functional groups attached to an aromatic ring is 1. The summed E-state index contributed by atoms with van der Waals surface area (Å²) in [6.45, 7) is 3.05. The van der Waals surface area contributed by atoms with Crippen LogP contribution in [0.15, 0.2) is 46.9 Å². The molecule has 0 saturated carbocycles. The second kappa shape index (κ2) is 6.48. The second-order valence-electron chi connectivity index (χ2n) is 4.09. The number of benzene rings is 2. The Morgan fingerprint density at radius 3 is 2.26 bits per heavy atom. The quantitative estimate of drug-likeness (QED) is 0.846. The molecule has 0 bridgehead atoms. The molecule has 0 spiro atoms. The van der Waals surface area contributed by atoms with Gasteiger partial charge in [0.1, 0.15) is 18.1 Å². The van der Waals surface area contributed by atoms with Gasteiger partial charge in [-0.1, -0.05) is 28.1 Å². The van der Waals surface area contributed by atoms with Crippen LogP contribution in [0.25, 0.3) is 0 Å². The van der Waals surface area contributed by atoms with Gasteiger partial charge in [-0.05, 0) is 24.6 Å². The lowest BCUT2D eigenvalue weighted by Gasteiger charge is -2.10. The van der Waals surface area contributed by atoms with Gasteiger partial charge in [0.25, 0.3) is 0 Å². The maximum Gasteiger partial charge on any atom is 0.125 e. The molecule has 2 N–H and O–H groups in total. The van der Waals surface area contributed by atoms with E-state index in [1.54, 1.807) is 12.1 Å². The summed E-state index contributed by atoms with van der Waals surface area (Å²) >= 11 is 3.40. The van der Waals surface area contributed by atoms with Crippen molar-refractivity contribution in [1.29, 1.82) is 0 Å². The minimum Gasteiger partial charge on any atom is -0.494 e. The normalized spacial score (nSPS) is 10.2. The second-order valence-corrected chi connectivity index (χ2v) is 5.00. The molecule has 100 valence electrons. The predicted molar refractivity (Wildman–Crippen MR) is 80.5 cm³/mol. The van der Waals surface area contributed by atoms with Gasteiger partial charge in [-0.3, -0.25) is 0 Å². The SMILES string of the molecule is CCOc1cc(N)cc(OCc2ccc(Br)cc2)c1. The first kappa shape index (κ1) is 13.7. The van der Waals surface area contributed by atoms with E-state index in [1.807, 2.05) is 37.3 Å². The van der Waals surface area contributed by atoms with Crippen LogP contribution in [0, 0.1) is 0 Å². The highest BCUT2D eigenvalue weighted by molar-refractivity contribution is 9.10. The van der Waals surface area contributed by atoms with E-state index in [0.29, 0.717) is 24.7 Å². The van der Waals surface area contributed by atoms with E-state index in [-0.39, 0.29) is 0 Å². The van der Waals surface area contributed by atoms with E-state index < -0.39 is 0 Å². The molecule has 0 aliphatic carbocycles. The van der Waals surface area contributed by atoms with Gasteiger partial charge in [0.2, 0.25) is 0 Å². The molecule has 0 fully saturated rings. The fraction of sp³-hybridized carbons (Fsp3) is 0.200. The third-order valence-corrected chi connectivity index (χ3v) is 3.06. The number of nitrogens with two attached hydrogens (primary N) is 1. The van der Waals surface area contributed by atoms with Crippen LogP contribution in [0.5, 0.6) is 11.5 Å². The summed E-state index contributed by atoms with van der Waals surface area (Å²) < 4.78 is 12.2. The molecule has 0 aromatic heterocycles. The van der Waals surface area contributed by atoms with Gasteiger partial charge in [-0.2, -0.15) is 0 Å². The molecule has 19 heavy (non-hydrogen) atoms. The van der Waals surface area contributed by atoms with Crippen molar-refractivity contribution in [2.45, 2.75) is 13.5 Å². The number of anilines is 1. The molecule has 3 nitrogen and oxygen atoms in total. The molecule has 0 aliphatic heterocycles. The molecule has 0 amide bonds. The van der Waals surface area contributed by atoms with Crippen LogP contribution in [-0.2, 0) is 6.61 Å². The van der Waals surface area contributed by atoms with Crippen molar-refractivity contribution < 1.29 is 9.47 Å². The lowest BCUT2D eigenvalue weighted by atomic mass is 10.2. The molecule has 4 heteroatoms. The van der Waals surface area contributed by atoms with Crippen molar-refractivity contribution in [3.8, 4) is 11.5 Å². The highest BCUT2D eigenvalue weighted by atomic mass is 79.9. The highest BCUT2D eigenvalue weighted by Crippen LogP contribution is 2.25. The van der Waals surface area contributed by atoms with Gasteiger partial charge in [0.15, 0.2) is 0 Å². The molecule has 0 atom stereocenters. The van der Waals surface area contributed by atoms with E-state index in [4.69, 9.17) is 15.2 Å². The van der Waals surface area contributed by atoms with Gasteiger partial charge in [0, 0.05) is 28.4 Å². The number of hydrogen-bond acceptors (Lipinski definition) is 3. The van der Waals surface area contributed by atoms with Crippen LogP contribution in [0.1, 0.15) is 12.5 Å². The van der Waals surface area contributed by atoms with Crippen molar-refractivity contribution in [2.75, 3.05) is 12.3 Å². The van der Waals surface area contributed by atoms with Crippen molar-refractivity contribution in [1.82, 2.24) is 0 Å². The summed E-state index contributed by atoms with van der Waals surface area (Å²) in [5.41, 5.74) is 7.55. The molecule has 2 aromatic carbocycles. The Hall–Kier alpha value is -1.68. The van der Waals surface area contributed by atoms with Gasteiger partial charge >= 0.3 is 0 Å². The number of hydrogen-bond donors (Lipinski definition) is 1. The fourth-order valence-electron chi connectivity index (χ4n) is 1.67. The fourth-order valence-corrected chi connectivity index (χ4v) is 1.94. The Labute approximate surface area is 121 Å². The Balaban J connectivity index is 2.04. The summed E-state index contributed by atoms with van der Waals surface area (Å²) in [6.07, 6.45) is 0.